The van der Waals surface area contributed by atoms with Gasteiger partial charge in [0, 0.05) is 4.47 Å². The van der Waals surface area contributed by atoms with Gasteiger partial charge in [0.05, 0.1) is 0 Å². The first-order valence-corrected chi connectivity index (χ1v) is 5.62. The summed E-state index contributed by atoms with van der Waals surface area (Å²) in [5.74, 6) is 0.374. The molecule has 0 saturated heterocycles. The Bertz CT molecular complexity index is 347. The number of rotatable bonds is 3. The molecule has 1 fully saturated rings. The molecule has 76 valence electrons. The van der Waals surface area contributed by atoms with E-state index in [1.807, 2.05) is 12.1 Å². The molecular weight excluding hydrogens is 242 g/mol. The minimum atomic E-state index is 0.283. The molecule has 3 N–H and O–H groups in total. The lowest BCUT2D eigenvalue weighted by Crippen LogP contribution is -2.17. The second-order valence-corrected chi connectivity index (χ2v) is 5.07. The number of halogens is 1. The Hall–Kier alpha value is -0.540. The van der Waals surface area contributed by atoms with Crippen LogP contribution in [0.25, 0.3) is 0 Å². The van der Waals surface area contributed by atoms with Crippen molar-refractivity contribution in [1.29, 1.82) is 0 Å². The molecular formula is C11H14BrNO. The van der Waals surface area contributed by atoms with Crippen molar-refractivity contribution in [2.24, 2.45) is 11.1 Å². The second kappa shape index (κ2) is 3.55. The van der Waals surface area contributed by atoms with E-state index in [-0.39, 0.29) is 5.41 Å². The normalized spacial score (nSPS) is 18.1. The maximum Gasteiger partial charge on any atom is 0.119 e. The number of phenolic OH excluding ortho intramolecular Hbond substituents is 1. The van der Waals surface area contributed by atoms with Gasteiger partial charge in [-0.15, -0.1) is 0 Å². The minimum absolute atomic E-state index is 0.283. The number of nitrogens with two attached hydrogens (primary N) is 1. The molecule has 0 radical (unpaired) electrons. The third-order valence-corrected chi connectivity index (χ3v) is 3.50. The molecule has 1 aromatic carbocycles. The smallest absolute Gasteiger partial charge is 0.119 e. The number of phenols is 1. The van der Waals surface area contributed by atoms with Gasteiger partial charge in [0.25, 0.3) is 0 Å². The van der Waals surface area contributed by atoms with Crippen LogP contribution in [0.2, 0.25) is 0 Å². The van der Waals surface area contributed by atoms with Crippen LogP contribution in [-0.4, -0.2) is 11.7 Å². The maximum absolute atomic E-state index is 9.71. The molecule has 2 rings (SSSR count). The van der Waals surface area contributed by atoms with Crippen LogP contribution in [0.15, 0.2) is 22.7 Å². The molecule has 0 amide bonds. The Morgan fingerprint density at radius 2 is 2.14 bits per heavy atom. The van der Waals surface area contributed by atoms with Crippen molar-refractivity contribution in [3.63, 3.8) is 0 Å². The average molecular weight is 256 g/mol. The van der Waals surface area contributed by atoms with E-state index in [2.05, 4.69) is 15.9 Å². The Kier molecular flexibility index (Phi) is 2.54. The molecule has 0 atom stereocenters. The number of aromatic hydroxyl groups is 1. The minimum Gasteiger partial charge on any atom is -0.508 e. The Morgan fingerprint density at radius 3 is 2.64 bits per heavy atom. The van der Waals surface area contributed by atoms with E-state index in [0.717, 1.165) is 23.0 Å². The van der Waals surface area contributed by atoms with E-state index in [0.29, 0.717) is 5.75 Å². The molecule has 0 bridgehead atoms. The fraction of sp³-hybridized carbons (Fsp3) is 0.455. The standard InChI is InChI=1S/C11H14BrNO/c12-9-2-1-8(10(14)5-9)6-11(7-13)3-4-11/h1-2,5,14H,3-4,6-7,13H2. The van der Waals surface area contributed by atoms with Crippen molar-refractivity contribution in [1.82, 2.24) is 0 Å². The molecule has 3 heteroatoms. The Morgan fingerprint density at radius 1 is 1.43 bits per heavy atom. The molecule has 1 aromatic rings. The highest BCUT2D eigenvalue weighted by Gasteiger charge is 2.41. The van der Waals surface area contributed by atoms with Crippen molar-refractivity contribution < 1.29 is 5.11 Å². The van der Waals surface area contributed by atoms with Gasteiger partial charge in [0.2, 0.25) is 0 Å². The first-order chi connectivity index (χ1) is 6.65. The molecule has 1 saturated carbocycles. The summed E-state index contributed by atoms with van der Waals surface area (Å²) in [6.45, 7) is 0.725. The lowest BCUT2D eigenvalue weighted by Gasteiger charge is -2.13. The van der Waals surface area contributed by atoms with Crippen LogP contribution in [0.1, 0.15) is 18.4 Å². The van der Waals surface area contributed by atoms with Crippen LogP contribution in [0.4, 0.5) is 0 Å². The van der Waals surface area contributed by atoms with Gasteiger partial charge in [-0.2, -0.15) is 0 Å². The first kappa shape index (κ1) is 9.99. The quantitative estimate of drug-likeness (QED) is 0.872. The van der Waals surface area contributed by atoms with Gasteiger partial charge in [0.15, 0.2) is 0 Å². The lowest BCUT2D eigenvalue weighted by molar-refractivity contribution is 0.450. The van der Waals surface area contributed by atoms with Gasteiger partial charge in [-0.3, -0.25) is 0 Å². The molecule has 1 aliphatic carbocycles. The van der Waals surface area contributed by atoms with Gasteiger partial charge < -0.3 is 10.8 Å². The molecule has 0 heterocycles. The Balaban J connectivity index is 2.17. The summed E-state index contributed by atoms with van der Waals surface area (Å²) >= 11 is 3.32. The van der Waals surface area contributed by atoms with Gasteiger partial charge in [0.1, 0.15) is 5.75 Å². The number of benzene rings is 1. The fourth-order valence-electron chi connectivity index (χ4n) is 1.72. The van der Waals surface area contributed by atoms with Crippen molar-refractivity contribution in [3.8, 4) is 5.75 Å². The third-order valence-electron chi connectivity index (χ3n) is 3.00. The maximum atomic E-state index is 9.71. The summed E-state index contributed by atoms with van der Waals surface area (Å²) in [5.41, 5.74) is 7.00. The zero-order valence-electron chi connectivity index (χ0n) is 7.96. The Labute approximate surface area is 92.3 Å². The van der Waals surface area contributed by atoms with Crippen molar-refractivity contribution in [2.75, 3.05) is 6.54 Å². The van der Waals surface area contributed by atoms with Crippen LogP contribution in [0.5, 0.6) is 5.75 Å². The highest BCUT2D eigenvalue weighted by Crippen LogP contribution is 2.48. The van der Waals surface area contributed by atoms with E-state index in [1.54, 1.807) is 6.07 Å². The van der Waals surface area contributed by atoms with Crippen LogP contribution < -0.4 is 5.73 Å². The zero-order valence-corrected chi connectivity index (χ0v) is 9.55. The lowest BCUT2D eigenvalue weighted by atomic mass is 9.96. The van der Waals surface area contributed by atoms with Crippen molar-refractivity contribution in [3.05, 3.63) is 28.2 Å². The highest BCUT2D eigenvalue weighted by molar-refractivity contribution is 9.10. The van der Waals surface area contributed by atoms with Gasteiger partial charge in [-0.1, -0.05) is 22.0 Å². The molecule has 0 spiro atoms. The van der Waals surface area contributed by atoms with Crippen molar-refractivity contribution >= 4 is 15.9 Å². The van der Waals surface area contributed by atoms with Gasteiger partial charge in [-0.25, -0.2) is 0 Å². The predicted octanol–water partition coefficient (Wildman–Crippen LogP) is 2.44. The number of hydrogen-bond donors (Lipinski definition) is 2. The summed E-state index contributed by atoms with van der Waals surface area (Å²) < 4.78 is 0.913. The van der Waals surface area contributed by atoms with E-state index in [9.17, 15) is 5.11 Å². The van der Waals surface area contributed by atoms with Gasteiger partial charge in [-0.05, 0) is 48.9 Å². The summed E-state index contributed by atoms with van der Waals surface area (Å²) in [6.07, 6.45) is 3.29. The molecule has 1 aliphatic rings. The van der Waals surface area contributed by atoms with Crippen LogP contribution in [-0.2, 0) is 6.42 Å². The topological polar surface area (TPSA) is 46.2 Å². The van der Waals surface area contributed by atoms with Crippen LogP contribution in [0.3, 0.4) is 0 Å². The molecule has 0 unspecified atom stereocenters. The first-order valence-electron chi connectivity index (χ1n) is 4.83. The van der Waals surface area contributed by atoms with Crippen LogP contribution in [0, 0.1) is 5.41 Å². The fourth-order valence-corrected chi connectivity index (χ4v) is 2.07. The second-order valence-electron chi connectivity index (χ2n) is 4.15. The summed E-state index contributed by atoms with van der Waals surface area (Å²) in [7, 11) is 0. The summed E-state index contributed by atoms with van der Waals surface area (Å²) in [5, 5.41) is 9.71. The molecule has 2 nitrogen and oxygen atoms in total. The molecule has 0 aromatic heterocycles. The third kappa shape index (κ3) is 1.93. The largest absolute Gasteiger partial charge is 0.508 e. The van der Waals surface area contributed by atoms with Crippen molar-refractivity contribution in [2.45, 2.75) is 19.3 Å². The predicted molar refractivity (Wildman–Crippen MR) is 60.2 cm³/mol. The SMILES string of the molecule is NCC1(Cc2ccc(Br)cc2O)CC1. The summed E-state index contributed by atoms with van der Waals surface area (Å²) in [4.78, 5) is 0. The monoisotopic (exact) mass is 255 g/mol. The highest BCUT2D eigenvalue weighted by atomic mass is 79.9. The van der Waals surface area contributed by atoms with Crippen LogP contribution >= 0.6 is 15.9 Å². The number of hydrogen-bond acceptors (Lipinski definition) is 2. The summed E-state index contributed by atoms with van der Waals surface area (Å²) in [6, 6.07) is 5.67. The molecule has 0 aliphatic heterocycles. The van der Waals surface area contributed by atoms with E-state index in [1.165, 1.54) is 12.8 Å². The van der Waals surface area contributed by atoms with E-state index in [4.69, 9.17) is 5.73 Å². The van der Waals surface area contributed by atoms with Gasteiger partial charge >= 0.3 is 0 Å². The zero-order chi connectivity index (χ0) is 10.2. The van der Waals surface area contributed by atoms with E-state index < -0.39 is 0 Å². The van der Waals surface area contributed by atoms with E-state index >= 15 is 0 Å². The average Bonchev–Trinajstić information content (AvgIpc) is 2.91. The molecule has 14 heavy (non-hydrogen) atoms.